The van der Waals surface area contributed by atoms with Crippen molar-refractivity contribution in [3.63, 3.8) is 0 Å². The minimum absolute atomic E-state index is 0.172. The molecule has 0 bridgehead atoms. The Morgan fingerprint density at radius 3 is 2.44 bits per heavy atom. The first-order valence-electron chi connectivity index (χ1n) is 10.3. The van der Waals surface area contributed by atoms with Crippen LogP contribution in [-0.4, -0.2) is 26.4 Å². The molecule has 0 saturated heterocycles. The zero-order valence-corrected chi connectivity index (χ0v) is 20.8. The molecule has 1 heterocycles. The van der Waals surface area contributed by atoms with Gasteiger partial charge in [0.05, 0.1) is 10.7 Å². The number of nitrogens with one attached hydrogen (secondary N) is 1. The lowest BCUT2D eigenvalue weighted by atomic mass is 10.3. The highest BCUT2D eigenvalue weighted by Gasteiger charge is 2.16. The number of carbonyl (C=O) groups is 1. The number of benzene rings is 3. The molecule has 0 aliphatic carbocycles. The van der Waals surface area contributed by atoms with Crippen LogP contribution in [0.2, 0.25) is 15.1 Å². The van der Waals surface area contributed by atoms with E-state index in [9.17, 15) is 4.79 Å². The summed E-state index contributed by atoms with van der Waals surface area (Å²) in [4.78, 5) is 12.4. The van der Waals surface area contributed by atoms with Crippen molar-refractivity contribution in [1.82, 2.24) is 14.8 Å². The van der Waals surface area contributed by atoms with Crippen LogP contribution in [0.4, 0.5) is 5.69 Å². The predicted octanol–water partition coefficient (Wildman–Crippen LogP) is 6.93. The fraction of sp³-hybridized carbons (Fsp3) is 0.125. The van der Waals surface area contributed by atoms with Gasteiger partial charge in [0.1, 0.15) is 12.4 Å². The summed E-state index contributed by atoms with van der Waals surface area (Å²) in [5, 5.41) is 13.7. The summed E-state index contributed by atoms with van der Waals surface area (Å²) in [7, 11) is 0. The van der Waals surface area contributed by atoms with Gasteiger partial charge in [-0.05, 0) is 54.6 Å². The van der Waals surface area contributed by atoms with Crippen LogP contribution in [0.15, 0.2) is 78.0 Å². The molecule has 1 N–H and O–H groups in total. The molecule has 0 radical (unpaired) electrons. The van der Waals surface area contributed by atoms with Gasteiger partial charge in [0.15, 0.2) is 11.0 Å². The number of halogens is 3. The van der Waals surface area contributed by atoms with Crippen molar-refractivity contribution in [2.45, 2.75) is 18.2 Å². The van der Waals surface area contributed by atoms with E-state index in [2.05, 4.69) is 15.5 Å². The Labute approximate surface area is 216 Å². The molecule has 34 heavy (non-hydrogen) atoms. The molecule has 0 spiro atoms. The maximum absolute atomic E-state index is 12.4. The Balaban J connectivity index is 1.43. The fourth-order valence-corrected chi connectivity index (χ4v) is 4.41. The Hall–Kier alpha value is -2.71. The minimum atomic E-state index is -0.172. The third kappa shape index (κ3) is 6.45. The first kappa shape index (κ1) is 24.4. The second kappa shape index (κ2) is 11.6. The SMILES string of the molecule is O=C(CCSc1nnc(COc2ccc(Cl)cc2)n1-c1ccccc1)Nc1cc(Cl)ccc1Cl. The Kier molecular flexibility index (Phi) is 8.34. The number of aromatic nitrogens is 3. The Morgan fingerprint density at radius 2 is 1.68 bits per heavy atom. The molecule has 0 aliphatic rings. The van der Waals surface area contributed by atoms with Crippen molar-refractivity contribution >= 4 is 58.2 Å². The summed E-state index contributed by atoms with van der Waals surface area (Å²) >= 11 is 19.5. The number of ether oxygens (including phenoxy) is 1. The molecule has 6 nitrogen and oxygen atoms in total. The highest BCUT2D eigenvalue weighted by atomic mass is 35.5. The molecule has 0 fully saturated rings. The number of amides is 1. The van der Waals surface area contributed by atoms with Crippen molar-refractivity contribution in [2.24, 2.45) is 0 Å². The summed E-state index contributed by atoms with van der Waals surface area (Å²) in [6.07, 6.45) is 0.256. The highest BCUT2D eigenvalue weighted by molar-refractivity contribution is 7.99. The Bertz CT molecular complexity index is 1270. The molecule has 10 heteroatoms. The van der Waals surface area contributed by atoms with Crippen LogP contribution in [0.5, 0.6) is 5.75 Å². The normalized spacial score (nSPS) is 10.8. The maximum Gasteiger partial charge on any atom is 0.225 e. The van der Waals surface area contributed by atoms with Crippen LogP contribution in [0.1, 0.15) is 12.2 Å². The molecule has 0 unspecified atom stereocenters. The predicted molar refractivity (Wildman–Crippen MR) is 138 cm³/mol. The van der Waals surface area contributed by atoms with E-state index in [0.717, 1.165) is 5.69 Å². The first-order chi connectivity index (χ1) is 16.5. The standard InChI is InChI=1S/C24H19Cl3N4O2S/c25-16-6-9-19(10-7-16)33-15-22-29-30-24(31(22)18-4-2-1-3-5-18)34-13-12-23(32)28-21-14-17(26)8-11-20(21)27/h1-11,14H,12-13,15H2,(H,28,32). The molecule has 0 aliphatic heterocycles. The van der Waals surface area contributed by atoms with E-state index in [1.54, 1.807) is 42.5 Å². The molecule has 1 aromatic heterocycles. The number of hydrogen-bond donors (Lipinski definition) is 1. The average Bonchev–Trinajstić information content (AvgIpc) is 3.24. The minimum Gasteiger partial charge on any atom is -0.486 e. The summed E-state index contributed by atoms with van der Waals surface area (Å²) in [6, 6.07) is 21.8. The number of rotatable bonds is 9. The molecule has 1 amide bonds. The molecule has 3 aromatic carbocycles. The fourth-order valence-electron chi connectivity index (χ4n) is 3.04. The van der Waals surface area contributed by atoms with Gasteiger partial charge in [0.25, 0.3) is 0 Å². The van der Waals surface area contributed by atoms with Crippen LogP contribution < -0.4 is 10.1 Å². The average molecular weight is 534 g/mol. The number of thioether (sulfide) groups is 1. The molecule has 0 atom stereocenters. The van der Waals surface area contributed by atoms with E-state index in [-0.39, 0.29) is 18.9 Å². The van der Waals surface area contributed by atoms with E-state index >= 15 is 0 Å². The van der Waals surface area contributed by atoms with Crippen molar-refractivity contribution in [2.75, 3.05) is 11.1 Å². The molecular weight excluding hydrogens is 515 g/mol. The first-order valence-corrected chi connectivity index (χ1v) is 12.4. The van der Waals surface area contributed by atoms with Crippen molar-refractivity contribution < 1.29 is 9.53 Å². The monoisotopic (exact) mass is 532 g/mol. The number of anilines is 1. The Morgan fingerprint density at radius 1 is 0.941 bits per heavy atom. The summed E-state index contributed by atoms with van der Waals surface area (Å²) < 4.78 is 7.80. The summed E-state index contributed by atoms with van der Waals surface area (Å²) in [5.41, 5.74) is 1.39. The summed E-state index contributed by atoms with van der Waals surface area (Å²) in [6.45, 7) is 0.220. The molecule has 0 saturated carbocycles. The van der Waals surface area contributed by atoms with Gasteiger partial charge in [-0.2, -0.15) is 0 Å². The lowest BCUT2D eigenvalue weighted by molar-refractivity contribution is -0.115. The molecule has 4 aromatic rings. The van der Waals surface area contributed by atoms with Gasteiger partial charge >= 0.3 is 0 Å². The van der Waals surface area contributed by atoms with Crippen LogP contribution in [0.3, 0.4) is 0 Å². The molecular formula is C24H19Cl3N4O2S. The largest absolute Gasteiger partial charge is 0.486 e. The second-order valence-electron chi connectivity index (χ2n) is 7.08. The third-order valence-corrected chi connectivity index (χ3v) is 6.41. The topological polar surface area (TPSA) is 69.0 Å². The summed E-state index contributed by atoms with van der Waals surface area (Å²) in [5.74, 6) is 1.64. The van der Waals surface area contributed by atoms with Crippen molar-refractivity contribution in [1.29, 1.82) is 0 Å². The number of carbonyl (C=O) groups excluding carboxylic acids is 1. The number of hydrogen-bond acceptors (Lipinski definition) is 5. The van der Waals surface area contributed by atoms with E-state index in [0.29, 0.717) is 43.2 Å². The van der Waals surface area contributed by atoms with Crippen molar-refractivity contribution in [3.05, 3.63) is 93.7 Å². The number of nitrogens with zero attached hydrogens (tertiary/aromatic N) is 3. The van der Waals surface area contributed by atoms with Gasteiger partial charge in [0, 0.05) is 27.9 Å². The third-order valence-electron chi connectivity index (χ3n) is 4.66. The van der Waals surface area contributed by atoms with E-state index < -0.39 is 0 Å². The smallest absolute Gasteiger partial charge is 0.225 e. The van der Waals surface area contributed by atoms with Crippen LogP contribution in [0.25, 0.3) is 5.69 Å². The van der Waals surface area contributed by atoms with Gasteiger partial charge in [-0.1, -0.05) is 64.8 Å². The van der Waals surface area contributed by atoms with Gasteiger partial charge < -0.3 is 10.1 Å². The van der Waals surface area contributed by atoms with Gasteiger partial charge in [-0.3, -0.25) is 9.36 Å². The molecule has 4 rings (SSSR count). The highest BCUT2D eigenvalue weighted by Crippen LogP contribution is 2.27. The van der Waals surface area contributed by atoms with Crippen LogP contribution in [-0.2, 0) is 11.4 Å². The van der Waals surface area contributed by atoms with Crippen LogP contribution >= 0.6 is 46.6 Å². The lowest BCUT2D eigenvalue weighted by Crippen LogP contribution is -2.13. The van der Waals surface area contributed by atoms with Gasteiger partial charge in [-0.15, -0.1) is 10.2 Å². The van der Waals surface area contributed by atoms with Crippen LogP contribution in [0, 0.1) is 0 Å². The van der Waals surface area contributed by atoms with E-state index in [1.165, 1.54) is 11.8 Å². The zero-order chi connectivity index (χ0) is 23.9. The zero-order valence-electron chi connectivity index (χ0n) is 17.7. The van der Waals surface area contributed by atoms with Crippen molar-refractivity contribution in [3.8, 4) is 11.4 Å². The van der Waals surface area contributed by atoms with Gasteiger partial charge in [0.2, 0.25) is 5.91 Å². The van der Waals surface area contributed by atoms with Gasteiger partial charge in [-0.25, -0.2) is 0 Å². The number of para-hydroxylation sites is 1. The maximum atomic E-state index is 12.4. The van der Waals surface area contributed by atoms with E-state index in [1.807, 2.05) is 34.9 Å². The second-order valence-corrected chi connectivity index (χ2v) is 9.43. The van der Waals surface area contributed by atoms with E-state index in [4.69, 9.17) is 39.5 Å². The lowest BCUT2D eigenvalue weighted by Gasteiger charge is -2.11. The quantitative estimate of drug-likeness (QED) is 0.236. The molecule has 174 valence electrons.